The molecule has 0 saturated carbocycles. The molecule has 0 amide bonds. The van der Waals surface area contributed by atoms with Gasteiger partial charge in [0, 0.05) is 41.0 Å². The van der Waals surface area contributed by atoms with Crippen LogP contribution in [0, 0.1) is 20.2 Å². The Labute approximate surface area is 247 Å². The Kier molecular flexibility index (Phi) is 10.4. The first-order valence-corrected chi connectivity index (χ1v) is 10.8. The molecule has 1 radical (unpaired) electrons. The second-order valence-corrected chi connectivity index (χ2v) is 7.58. The molecular weight excluding hydrogens is 623 g/mol. The maximum atomic E-state index is 11.6. The number of nitro benzene ring substituents is 2. The number of rotatable bonds is 6. The molecule has 2 heterocycles. The Hall–Kier alpha value is -6.49. The fourth-order valence-corrected chi connectivity index (χ4v) is 2.79. The largest absolute Gasteiger partial charge is 0.506 e. The molecule has 0 fully saturated rings. The van der Waals surface area contributed by atoms with Gasteiger partial charge in [-0.3, -0.25) is 30.0 Å². The number of nitrogens with two attached hydrogens (primary N) is 4. The number of nitrogen functional groups attached to an aromatic ring is 4. The van der Waals surface area contributed by atoms with Crippen molar-refractivity contribution in [2.24, 2.45) is 20.5 Å². The van der Waals surface area contributed by atoms with Crippen LogP contribution < -0.4 is 28.5 Å². The Morgan fingerprint density at radius 1 is 0.721 bits per heavy atom. The second-order valence-electron chi connectivity index (χ2n) is 7.58. The number of nitrogens with one attached hydrogen (secondary N) is 1. The van der Waals surface area contributed by atoms with Gasteiger partial charge in [-0.2, -0.15) is 15.0 Å². The molecule has 12 N–H and O–H groups in total. The minimum Gasteiger partial charge on any atom is -0.506 e. The van der Waals surface area contributed by atoms with Gasteiger partial charge in [-0.15, -0.1) is 20.5 Å². The van der Waals surface area contributed by atoms with Gasteiger partial charge in [0.2, 0.25) is 17.8 Å². The van der Waals surface area contributed by atoms with Gasteiger partial charge in [-0.05, 0) is 12.1 Å². The number of hydrogen-bond acceptors (Lipinski definition) is 19. The number of nitro groups is 2. The third-order valence-corrected chi connectivity index (χ3v) is 4.71. The molecule has 225 valence electrons. The van der Waals surface area contributed by atoms with Crippen LogP contribution in [0.15, 0.2) is 61.6 Å². The zero-order chi connectivity index (χ0) is 31.1. The summed E-state index contributed by atoms with van der Waals surface area (Å²) in [7, 11) is 0. The predicted octanol–water partition coefficient (Wildman–Crippen LogP) is 2.34. The molecule has 2 aromatic heterocycles. The van der Waals surface area contributed by atoms with Gasteiger partial charge in [0.05, 0.1) is 9.85 Å². The summed E-state index contributed by atoms with van der Waals surface area (Å²) in [4.78, 5) is 44.3. The van der Waals surface area contributed by atoms with Crippen LogP contribution in [-0.4, -0.2) is 45.1 Å². The third kappa shape index (κ3) is 8.25. The summed E-state index contributed by atoms with van der Waals surface area (Å²) < 4.78 is 0. The second kappa shape index (κ2) is 13.7. The van der Waals surface area contributed by atoms with Crippen LogP contribution in [-0.2, 0) is 16.8 Å². The van der Waals surface area contributed by atoms with Gasteiger partial charge >= 0.3 is 0 Å². The number of aromatic hydroxyl groups is 3. The van der Waals surface area contributed by atoms with Gasteiger partial charge in [-0.25, -0.2) is 0 Å². The predicted molar refractivity (Wildman–Crippen MR) is 144 cm³/mol. The maximum Gasteiger partial charge on any atom is 0.282 e. The molecule has 0 aliphatic carbocycles. The van der Waals surface area contributed by atoms with E-state index in [2.05, 4.69) is 40.4 Å². The number of azo groups is 2. The maximum absolute atomic E-state index is 11.6. The number of aromatic nitrogens is 4. The minimum atomic E-state index is -0.728. The van der Waals surface area contributed by atoms with Crippen molar-refractivity contribution < 1.29 is 41.9 Å². The molecule has 4 aromatic rings. The van der Waals surface area contributed by atoms with E-state index in [-0.39, 0.29) is 85.9 Å². The average Bonchev–Trinajstić information content (AvgIpc) is 2.89. The summed E-state index contributed by atoms with van der Waals surface area (Å²) in [6.45, 7) is 0. The van der Waals surface area contributed by atoms with Crippen LogP contribution >= 0.6 is 0 Å². The fraction of sp³-hybridized carbons (Fsp3) is 0. The first kappa shape index (κ1) is 32.7. The van der Waals surface area contributed by atoms with Crippen molar-refractivity contribution in [3.8, 4) is 17.4 Å². The van der Waals surface area contributed by atoms with Crippen LogP contribution in [0.2, 0.25) is 0 Å². The van der Waals surface area contributed by atoms with Crippen molar-refractivity contribution >= 4 is 57.7 Å². The molecular formula is C20H18CoN14O8. The molecule has 4 rings (SSSR count). The molecule has 22 nitrogen and oxygen atoms in total. The van der Waals surface area contributed by atoms with E-state index in [4.69, 9.17) is 22.9 Å². The van der Waals surface area contributed by atoms with Crippen molar-refractivity contribution in [3.05, 3.63) is 67.0 Å². The molecule has 0 aliphatic rings. The third-order valence-electron chi connectivity index (χ3n) is 4.71. The molecule has 0 aliphatic heterocycles. The van der Waals surface area contributed by atoms with Crippen LogP contribution in [0.4, 0.5) is 57.7 Å². The number of nitrogens with zero attached hydrogens (tertiary/aromatic N) is 9. The zero-order valence-electron chi connectivity index (χ0n) is 21.0. The number of phenols is 2. The zero-order valence-corrected chi connectivity index (χ0v) is 22.1. The number of anilines is 4. The Balaban J connectivity index is 0.000000293. The molecule has 0 bridgehead atoms. The number of phenolic OH excluding ortho intramolecular Hbond substituents is 2. The van der Waals surface area contributed by atoms with E-state index in [9.17, 15) is 40.3 Å². The summed E-state index contributed by atoms with van der Waals surface area (Å²) in [5.41, 5.74) is 19.2. The van der Waals surface area contributed by atoms with Gasteiger partial charge in [0.1, 0.15) is 22.9 Å². The summed E-state index contributed by atoms with van der Waals surface area (Å²) in [5.74, 6) is -2.20. The standard InChI is InChI=1S/2C10H9N7O4.Co/c2*11-8-7(9(19)14-10(12)13-8)16-15-5-3-4(17(20)21)1-2-6(5)18;/h2*1-3,18H,(H5,11,12,13,14,19);. The number of benzene rings is 2. The van der Waals surface area contributed by atoms with Crippen molar-refractivity contribution in [2.75, 3.05) is 22.9 Å². The van der Waals surface area contributed by atoms with E-state index in [1.54, 1.807) is 0 Å². The molecule has 23 heteroatoms. The van der Waals surface area contributed by atoms with Gasteiger partial charge in [-0.1, -0.05) is 0 Å². The van der Waals surface area contributed by atoms with Crippen LogP contribution in [0.3, 0.4) is 0 Å². The van der Waals surface area contributed by atoms with Crippen LogP contribution in [0.1, 0.15) is 0 Å². The number of H-pyrrole nitrogens is 1. The number of aromatic amines is 1. The van der Waals surface area contributed by atoms with E-state index in [1.165, 1.54) is 0 Å². The molecule has 0 saturated heterocycles. The van der Waals surface area contributed by atoms with Crippen LogP contribution in [0.25, 0.3) is 0 Å². The van der Waals surface area contributed by atoms with Crippen molar-refractivity contribution in [2.45, 2.75) is 0 Å². The molecule has 43 heavy (non-hydrogen) atoms. The first-order chi connectivity index (χ1) is 19.8. The number of non-ortho nitro benzene ring substituents is 2. The smallest absolute Gasteiger partial charge is 0.282 e. The summed E-state index contributed by atoms with van der Waals surface area (Å²) in [6.07, 6.45) is 0. The van der Waals surface area contributed by atoms with Crippen molar-refractivity contribution in [3.63, 3.8) is 0 Å². The minimum absolute atomic E-state index is 0. The summed E-state index contributed by atoms with van der Waals surface area (Å²) in [5, 5.41) is 64.1. The Morgan fingerprint density at radius 3 is 1.63 bits per heavy atom. The van der Waals surface area contributed by atoms with E-state index < -0.39 is 21.3 Å². The molecule has 0 atom stereocenters. The van der Waals surface area contributed by atoms with Gasteiger partial charge in [0.15, 0.2) is 23.0 Å². The monoisotopic (exact) mass is 641 g/mol. The SMILES string of the molecule is Nc1nc(N)c(N=Nc2cc([N+](=O)[O-])ccc2O)c(=O)[nH]1.Nc1nc(N)c(N=Nc2cc([N+](=O)[O-])ccc2O)c(O)n1.[Co]. The normalized spacial score (nSPS) is 10.6. The molecule has 0 unspecified atom stereocenters. The van der Waals surface area contributed by atoms with E-state index in [0.29, 0.717) is 0 Å². The molecule has 2 aromatic carbocycles. The molecule has 0 spiro atoms. The quantitative estimate of drug-likeness (QED) is 0.0850. The van der Waals surface area contributed by atoms with Crippen molar-refractivity contribution in [1.82, 2.24) is 19.9 Å². The first-order valence-electron chi connectivity index (χ1n) is 10.8. The summed E-state index contributed by atoms with van der Waals surface area (Å²) >= 11 is 0. The van der Waals surface area contributed by atoms with Gasteiger partial charge < -0.3 is 38.3 Å². The van der Waals surface area contributed by atoms with Crippen molar-refractivity contribution in [1.29, 1.82) is 0 Å². The van der Waals surface area contributed by atoms with Crippen LogP contribution in [0.5, 0.6) is 17.4 Å². The number of hydrogen-bond donors (Lipinski definition) is 8. The van der Waals surface area contributed by atoms with E-state index in [0.717, 1.165) is 36.4 Å². The topological polar surface area (TPSA) is 372 Å². The Morgan fingerprint density at radius 2 is 1.19 bits per heavy atom. The van der Waals surface area contributed by atoms with Gasteiger partial charge in [0.25, 0.3) is 16.9 Å². The summed E-state index contributed by atoms with van der Waals surface area (Å²) in [6, 6.07) is 6.38. The van der Waals surface area contributed by atoms with E-state index >= 15 is 0 Å². The van der Waals surface area contributed by atoms with E-state index in [1.807, 2.05) is 0 Å². The average molecular weight is 641 g/mol. The Bertz CT molecular complexity index is 1790. The fourth-order valence-electron chi connectivity index (χ4n) is 2.79.